The third kappa shape index (κ3) is 17.8. The largest absolute Gasteiger partial charge is 1.00 e. The summed E-state index contributed by atoms with van der Waals surface area (Å²) in [6, 6.07) is 10.2. The minimum Gasteiger partial charge on any atom is -0.716 e. The number of aromatic hydroxyl groups is 1. The van der Waals surface area contributed by atoms with Gasteiger partial charge in [0.15, 0.2) is 17.7 Å². The van der Waals surface area contributed by atoms with Crippen LogP contribution in [0.15, 0.2) is 91.0 Å². The molecule has 3 saturated heterocycles. The smallest absolute Gasteiger partial charge is 0.716 e. The standard InChI is InChI=1S/C58H72N8O22S.Na/c1-4-5-20-87-36-17-14-32(15-18-36)30-8-6-29(7-9-30)31-10-12-33(13-11-31)51(76)60-37-23-41(71)54(79)64-56(81)47-48(73)27(2)25-66(47)58(83)45(40(70)24-43(59)72)62-55(80)46(50(75)49(74)34-16-19-39(69)42(21-34)88-89(84,85)86)63-53(78)38-22-35(68)26-65(38)57(82)44(28(3)67)61-52(37)77;/h6-19,21,27-28,35,37-38,40-41,44-50,54,67-71,73-75,79H,4-5,20,22-26H2,1-3H3,(H2,59,72)(H,60,76)(H,61,77)(H,62,80)(H,63,78)(H,64,81)(H,84,85,86);/q;+1/p-1/t27-,28+,35+,37+,38-,40+,41+,44?,45-,46-,47-,48-,49-,50-,54+;/m0./s1. The van der Waals surface area contributed by atoms with Gasteiger partial charge < -0.3 is 102 Å². The van der Waals surface area contributed by atoms with Crippen LogP contribution in [0.3, 0.4) is 0 Å². The Hall–Kier alpha value is -7.37. The van der Waals surface area contributed by atoms with Crippen molar-refractivity contribution < 1.29 is 136 Å². The van der Waals surface area contributed by atoms with Crippen LogP contribution in [0.4, 0.5) is 0 Å². The number of unbranched alkanes of at least 4 members (excludes halogenated alkanes) is 1. The van der Waals surface area contributed by atoms with Gasteiger partial charge in [-0.1, -0.05) is 74.9 Å². The minimum absolute atomic E-state index is 0. The Morgan fingerprint density at radius 2 is 1.29 bits per heavy atom. The molecule has 3 heterocycles. The van der Waals surface area contributed by atoms with Gasteiger partial charge in [-0.3, -0.25) is 38.4 Å². The van der Waals surface area contributed by atoms with Crippen LogP contribution in [0.5, 0.6) is 17.2 Å². The van der Waals surface area contributed by atoms with E-state index in [0.717, 1.165) is 48.3 Å². The third-order valence-corrected chi connectivity index (χ3v) is 15.8. The summed E-state index contributed by atoms with van der Waals surface area (Å²) in [5, 5.41) is 112. The summed E-state index contributed by atoms with van der Waals surface area (Å²) in [4.78, 5) is 115. The van der Waals surface area contributed by atoms with Gasteiger partial charge in [-0.25, -0.2) is 8.42 Å². The third-order valence-electron chi connectivity index (χ3n) is 15.4. The Labute approximate surface area is 538 Å². The molecule has 8 amide bonds. The Bertz CT molecular complexity index is 3350. The Balaban J connectivity index is 0.0000129. The first-order valence-electron chi connectivity index (χ1n) is 28.2. The molecule has 16 N–H and O–H groups in total. The number of rotatable bonds is 17. The van der Waals surface area contributed by atoms with Crippen molar-refractivity contribution in [2.75, 3.05) is 19.7 Å². The molecule has 0 saturated carbocycles. The fraction of sp³-hybridized carbons (Fsp3) is 0.448. The molecular formula is C58H71N8NaO22S. The van der Waals surface area contributed by atoms with Crippen LogP contribution in [0.1, 0.15) is 74.9 Å². The van der Waals surface area contributed by atoms with Crippen LogP contribution in [-0.4, -0.2) is 215 Å². The molecule has 0 spiro atoms. The second-order valence-corrected chi connectivity index (χ2v) is 23.0. The first-order chi connectivity index (χ1) is 42.0. The Kier molecular flexibility index (Phi) is 24.8. The summed E-state index contributed by atoms with van der Waals surface area (Å²) in [6.07, 6.45) is -18.3. The number of carbonyl (C=O) groups excluding carboxylic acids is 8. The van der Waals surface area contributed by atoms with E-state index < -0.39 is 198 Å². The van der Waals surface area contributed by atoms with Crippen molar-refractivity contribution in [2.45, 2.75) is 138 Å². The zero-order valence-corrected chi connectivity index (χ0v) is 52.0. The quantitative estimate of drug-likeness (QED) is 0.0202. The van der Waals surface area contributed by atoms with Crippen molar-refractivity contribution in [1.29, 1.82) is 0 Å². The van der Waals surface area contributed by atoms with E-state index >= 15 is 0 Å². The molecule has 4 aromatic carbocycles. The second-order valence-electron chi connectivity index (χ2n) is 22.1. The van der Waals surface area contributed by atoms with Crippen molar-refractivity contribution in [3.05, 3.63) is 102 Å². The number of benzene rings is 4. The van der Waals surface area contributed by atoms with Gasteiger partial charge in [-0.15, -0.1) is 0 Å². The average Bonchev–Trinajstić information content (AvgIpc) is 1.67. The topological polar surface area (TPSA) is 487 Å². The van der Waals surface area contributed by atoms with E-state index in [9.17, 15) is 97.3 Å². The van der Waals surface area contributed by atoms with Gasteiger partial charge in [-0.05, 0) is 77.6 Å². The summed E-state index contributed by atoms with van der Waals surface area (Å²) >= 11 is 0. The number of aliphatic hydroxyl groups is 8. The van der Waals surface area contributed by atoms with Crippen molar-refractivity contribution in [3.8, 4) is 39.5 Å². The van der Waals surface area contributed by atoms with Gasteiger partial charge >= 0.3 is 29.6 Å². The van der Waals surface area contributed by atoms with Crippen LogP contribution in [-0.2, 0) is 44.0 Å². The summed E-state index contributed by atoms with van der Waals surface area (Å²) in [5.41, 5.74) is 7.95. The van der Waals surface area contributed by atoms with E-state index in [1.165, 1.54) is 19.1 Å². The number of phenols is 1. The number of carbonyl (C=O) groups is 8. The maximum atomic E-state index is 14.7. The van der Waals surface area contributed by atoms with E-state index in [-0.39, 0.29) is 35.1 Å². The van der Waals surface area contributed by atoms with Gasteiger partial charge in [0.2, 0.25) is 41.4 Å². The number of phenolic OH excluding ortho intramolecular Hbond substituents is 1. The number of hydrogen-bond acceptors (Lipinski definition) is 22. The molecule has 0 aromatic heterocycles. The Morgan fingerprint density at radius 1 is 0.733 bits per heavy atom. The maximum Gasteiger partial charge on any atom is 1.00 e. The molecule has 3 aliphatic rings. The Morgan fingerprint density at radius 3 is 1.86 bits per heavy atom. The molecule has 482 valence electrons. The van der Waals surface area contributed by atoms with Crippen LogP contribution in [0, 0.1) is 5.92 Å². The van der Waals surface area contributed by atoms with Crippen LogP contribution >= 0.6 is 0 Å². The number of primary amides is 1. The molecule has 1 unspecified atom stereocenters. The van der Waals surface area contributed by atoms with E-state index in [1.807, 2.05) is 59.2 Å². The first-order valence-corrected chi connectivity index (χ1v) is 29.6. The van der Waals surface area contributed by atoms with Crippen LogP contribution in [0.2, 0.25) is 0 Å². The summed E-state index contributed by atoms with van der Waals surface area (Å²) in [5.74, 6) is -13.2. The molecule has 3 aliphatic heterocycles. The summed E-state index contributed by atoms with van der Waals surface area (Å²) in [7, 11) is -5.60. The molecule has 7 rings (SSSR count). The molecule has 3 fully saturated rings. The molecule has 0 aliphatic carbocycles. The monoisotopic (exact) mass is 1290 g/mol. The van der Waals surface area contributed by atoms with Gasteiger partial charge in [0.25, 0.3) is 16.3 Å². The van der Waals surface area contributed by atoms with E-state index in [2.05, 4.69) is 27.1 Å². The van der Waals surface area contributed by atoms with Gasteiger partial charge in [0.05, 0.1) is 37.4 Å². The average molecular weight is 1290 g/mol. The summed E-state index contributed by atoms with van der Waals surface area (Å²) in [6.45, 7) is 3.77. The predicted octanol–water partition coefficient (Wildman–Crippen LogP) is -6.62. The van der Waals surface area contributed by atoms with E-state index in [0.29, 0.717) is 34.1 Å². The fourth-order valence-electron chi connectivity index (χ4n) is 10.5. The molecule has 30 nitrogen and oxygen atoms in total. The van der Waals surface area contributed by atoms with Gasteiger partial charge in [-0.2, -0.15) is 0 Å². The minimum atomic E-state index is -5.60. The number of ether oxygens (including phenoxy) is 1. The van der Waals surface area contributed by atoms with Crippen molar-refractivity contribution >= 4 is 57.7 Å². The normalized spacial score (nSPS) is 26.1. The molecule has 32 heteroatoms. The number of fused-ring (bicyclic) bond motifs is 2. The fourth-order valence-corrected chi connectivity index (χ4v) is 10.8. The number of aliphatic hydroxyl groups excluding tert-OH is 8. The van der Waals surface area contributed by atoms with Crippen molar-refractivity contribution in [2.24, 2.45) is 11.7 Å². The number of nitrogens with two attached hydrogens (primary N) is 1. The second kappa shape index (κ2) is 31.1. The zero-order chi connectivity index (χ0) is 65.3. The molecule has 0 radical (unpaired) electrons. The van der Waals surface area contributed by atoms with Crippen molar-refractivity contribution in [1.82, 2.24) is 36.4 Å². The molecule has 90 heavy (non-hydrogen) atoms. The van der Waals surface area contributed by atoms with Crippen LogP contribution in [0.25, 0.3) is 22.3 Å². The number of nitrogens with one attached hydrogen (secondary N) is 5. The van der Waals surface area contributed by atoms with Crippen LogP contribution < -0.4 is 70.8 Å². The van der Waals surface area contributed by atoms with E-state index in [4.69, 9.17) is 10.5 Å². The number of hydrogen-bond donors (Lipinski definition) is 15. The van der Waals surface area contributed by atoms with E-state index in [1.54, 1.807) is 12.1 Å². The summed E-state index contributed by atoms with van der Waals surface area (Å²) < 4.78 is 44.3. The van der Waals surface area contributed by atoms with Gasteiger partial charge in [0.1, 0.15) is 60.3 Å². The molecule has 15 atom stereocenters. The number of nitrogens with zero attached hydrogens (tertiary/aromatic N) is 2. The first kappa shape index (κ1) is 71.7. The molecule has 0 bridgehead atoms. The van der Waals surface area contributed by atoms with Crippen molar-refractivity contribution in [3.63, 3.8) is 0 Å². The van der Waals surface area contributed by atoms with Gasteiger partial charge in [0, 0.05) is 37.4 Å². The maximum absolute atomic E-state index is 14.7. The number of amides is 8. The predicted molar refractivity (Wildman–Crippen MR) is 307 cm³/mol. The molecular weight excluding hydrogens is 1220 g/mol. The molecule has 4 aromatic rings. The zero-order valence-electron chi connectivity index (χ0n) is 49.2. The SMILES string of the molecule is CCCCOc1ccc(-c2ccc(-c3ccc(C(=O)N[C@@H]4C[C@@H](O)[C@@H](O)NC(=O)[C@@H]5[C@@H](O)[C@@H](C)CN5C(=O)[C@H]([C@H](O)CC(N)=O)NC(=O)[C@H]([C@H](O)[C@@H](O)c5ccc(O)c(OS(=O)(=O)[O-])c5)NC(=O)[C@@H]5C[C@@H](O)CN5C(=O)C([C@@H](C)O)NC4=O)cc3)cc2)cc1.[Na+].